The first kappa shape index (κ1) is 27.9. The second-order valence-corrected chi connectivity index (χ2v) is 7.99. The van der Waals surface area contributed by atoms with E-state index < -0.39 is 49.8 Å². The van der Waals surface area contributed by atoms with Crippen LogP contribution in [0.5, 0.6) is 0 Å². The van der Waals surface area contributed by atoms with Gasteiger partial charge in [0.15, 0.2) is 0 Å². The van der Waals surface area contributed by atoms with Crippen LogP contribution in [0.15, 0.2) is 30.3 Å². The molecule has 8 N–H and O–H groups in total. The monoisotopic (exact) mass is 446 g/mol. The predicted molar refractivity (Wildman–Crippen MR) is 113 cm³/mol. The highest BCUT2D eigenvalue weighted by Gasteiger charge is 2.26. The zero-order chi connectivity index (χ0) is 23.2. The summed E-state index contributed by atoms with van der Waals surface area (Å²) in [5, 5.41) is 76.2. The summed E-state index contributed by atoms with van der Waals surface area (Å²) in [6.45, 7) is -0.510. The molecule has 0 saturated carbocycles. The summed E-state index contributed by atoms with van der Waals surface area (Å²) in [7, 11) is 0. The number of aliphatic hydroxyl groups excluding tert-OH is 8. The second kappa shape index (κ2) is 15.6. The van der Waals surface area contributed by atoms with Crippen molar-refractivity contribution in [1.82, 2.24) is 0 Å². The lowest BCUT2D eigenvalue weighted by molar-refractivity contribution is -0.0816. The second-order valence-electron chi connectivity index (χ2n) is 7.99. The summed E-state index contributed by atoms with van der Waals surface area (Å²) < 4.78 is 5.79. The van der Waals surface area contributed by atoms with Gasteiger partial charge in [-0.25, -0.2) is 0 Å². The number of rotatable bonds is 17. The Balaban J connectivity index is 2.54. The van der Waals surface area contributed by atoms with Gasteiger partial charge in [-0.05, 0) is 37.2 Å². The summed E-state index contributed by atoms with van der Waals surface area (Å²) in [6, 6.07) is 9.61. The van der Waals surface area contributed by atoms with E-state index in [-0.39, 0.29) is 18.8 Å². The fourth-order valence-corrected chi connectivity index (χ4v) is 3.32. The SMILES string of the molecule is OCC(O)C(O)C(O)CCCC(CCC(O)C(O)C(O)CO)COCc1ccccc1. The van der Waals surface area contributed by atoms with Gasteiger partial charge < -0.3 is 45.6 Å². The molecule has 0 amide bonds. The molecule has 0 heterocycles. The van der Waals surface area contributed by atoms with Crippen molar-refractivity contribution in [3.63, 3.8) is 0 Å². The van der Waals surface area contributed by atoms with Crippen molar-refractivity contribution in [2.45, 2.75) is 75.3 Å². The summed E-state index contributed by atoms with van der Waals surface area (Å²) in [6.07, 6.45) is -6.12. The van der Waals surface area contributed by atoms with Crippen molar-refractivity contribution in [3.8, 4) is 0 Å². The highest BCUT2D eigenvalue weighted by molar-refractivity contribution is 5.13. The minimum atomic E-state index is -1.45. The third kappa shape index (κ3) is 10.8. The Labute approximate surface area is 183 Å². The molecule has 9 heteroatoms. The molecule has 0 aromatic heterocycles. The molecule has 0 aliphatic rings. The van der Waals surface area contributed by atoms with Crippen LogP contribution in [0.1, 0.15) is 37.7 Å². The van der Waals surface area contributed by atoms with Crippen molar-refractivity contribution in [1.29, 1.82) is 0 Å². The van der Waals surface area contributed by atoms with Gasteiger partial charge in [0, 0.05) is 6.61 Å². The van der Waals surface area contributed by atoms with E-state index in [4.69, 9.17) is 14.9 Å². The maximum absolute atomic E-state index is 10.1. The smallest absolute Gasteiger partial charge is 0.108 e. The number of aliphatic hydroxyl groups is 8. The Morgan fingerprint density at radius 3 is 1.74 bits per heavy atom. The zero-order valence-electron chi connectivity index (χ0n) is 17.8. The Bertz CT molecular complexity index is 559. The average molecular weight is 447 g/mol. The fourth-order valence-electron chi connectivity index (χ4n) is 3.32. The highest BCUT2D eigenvalue weighted by Crippen LogP contribution is 2.21. The molecular formula is C22H38O9. The van der Waals surface area contributed by atoms with Crippen LogP contribution in [0.25, 0.3) is 0 Å². The molecule has 0 aliphatic heterocycles. The van der Waals surface area contributed by atoms with Crippen LogP contribution >= 0.6 is 0 Å². The average Bonchev–Trinajstić information content (AvgIpc) is 2.80. The van der Waals surface area contributed by atoms with Gasteiger partial charge in [-0.2, -0.15) is 0 Å². The third-order valence-corrected chi connectivity index (χ3v) is 5.40. The number of hydrogen-bond donors (Lipinski definition) is 8. The molecule has 0 fully saturated rings. The molecule has 180 valence electrons. The zero-order valence-corrected chi connectivity index (χ0v) is 17.8. The lowest BCUT2D eigenvalue weighted by atomic mass is 9.92. The van der Waals surface area contributed by atoms with Crippen molar-refractivity contribution < 1.29 is 45.6 Å². The lowest BCUT2D eigenvalue weighted by Crippen LogP contribution is -2.40. The maximum Gasteiger partial charge on any atom is 0.108 e. The molecule has 0 radical (unpaired) electrons. The summed E-state index contributed by atoms with van der Waals surface area (Å²) >= 11 is 0. The predicted octanol–water partition coefficient (Wildman–Crippen LogP) is -1.08. The molecule has 1 aromatic carbocycles. The van der Waals surface area contributed by atoms with Crippen LogP contribution in [0.3, 0.4) is 0 Å². The van der Waals surface area contributed by atoms with E-state index in [9.17, 15) is 30.6 Å². The van der Waals surface area contributed by atoms with Crippen LogP contribution in [0, 0.1) is 5.92 Å². The topological polar surface area (TPSA) is 171 Å². The number of ether oxygens (including phenoxy) is 1. The van der Waals surface area contributed by atoms with Gasteiger partial charge >= 0.3 is 0 Å². The quantitative estimate of drug-likeness (QED) is 0.148. The van der Waals surface area contributed by atoms with Crippen molar-refractivity contribution in [2.24, 2.45) is 5.92 Å². The lowest BCUT2D eigenvalue weighted by Gasteiger charge is -2.25. The van der Waals surface area contributed by atoms with Crippen LogP contribution in [0.2, 0.25) is 0 Å². The van der Waals surface area contributed by atoms with E-state index in [1.54, 1.807) is 0 Å². The van der Waals surface area contributed by atoms with Gasteiger partial charge in [0.2, 0.25) is 0 Å². The minimum Gasteiger partial charge on any atom is -0.394 e. The molecule has 31 heavy (non-hydrogen) atoms. The van der Waals surface area contributed by atoms with Gasteiger partial charge in [-0.3, -0.25) is 0 Å². The van der Waals surface area contributed by atoms with E-state index in [0.29, 0.717) is 32.5 Å². The summed E-state index contributed by atoms with van der Waals surface area (Å²) in [5.74, 6) is -0.0241. The van der Waals surface area contributed by atoms with E-state index >= 15 is 0 Å². The van der Waals surface area contributed by atoms with Gasteiger partial charge in [-0.1, -0.05) is 36.8 Å². The van der Waals surface area contributed by atoms with Crippen molar-refractivity contribution >= 4 is 0 Å². The Morgan fingerprint density at radius 2 is 1.19 bits per heavy atom. The van der Waals surface area contributed by atoms with E-state index in [2.05, 4.69) is 0 Å². The maximum atomic E-state index is 10.1. The van der Waals surface area contributed by atoms with Gasteiger partial charge in [0.25, 0.3) is 0 Å². The van der Waals surface area contributed by atoms with Crippen LogP contribution < -0.4 is 0 Å². The number of benzene rings is 1. The Hall–Kier alpha value is -1.14. The highest BCUT2D eigenvalue weighted by atomic mass is 16.5. The Morgan fingerprint density at radius 1 is 0.645 bits per heavy atom. The molecular weight excluding hydrogens is 408 g/mol. The van der Waals surface area contributed by atoms with Crippen LogP contribution in [-0.4, -0.2) is 97.3 Å². The van der Waals surface area contributed by atoms with Gasteiger partial charge in [0.05, 0.1) is 32.0 Å². The van der Waals surface area contributed by atoms with E-state index in [0.717, 1.165) is 5.56 Å². The summed E-state index contributed by atoms with van der Waals surface area (Å²) in [5.41, 5.74) is 1.01. The van der Waals surface area contributed by atoms with E-state index in [1.165, 1.54) is 0 Å². The first-order valence-electron chi connectivity index (χ1n) is 10.7. The third-order valence-electron chi connectivity index (χ3n) is 5.40. The van der Waals surface area contributed by atoms with Crippen molar-refractivity contribution in [2.75, 3.05) is 19.8 Å². The molecule has 1 rings (SSSR count). The first-order chi connectivity index (χ1) is 14.8. The molecule has 0 spiro atoms. The van der Waals surface area contributed by atoms with Gasteiger partial charge in [-0.15, -0.1) is 0 Å². The standard InChI is InChI=1S/C22H38O9/c23-11-19(27)21(29)17(25)8-4-7-16(9-10-18(26)22(30)20(28)12-24)14-31-13-15-5-2-1-3-6-15/h1-3,5-6,16-30H,4,7-14H2. The minimum absolute atomic E-state index is 0.0241. The molecule has 0 aliphatic carbocycles. The Kier molecular flexibility index (Phi) is 14.1. The molecule has 0 saturated heterocycles. The first-order valence-corrected chi connectivity index (χ1v) is 10.7. The molecule has 1 aromatic rings. The van der Waals surface area contributed by atoms with Crippen LogP contribution in [0.4, 0.5) is 0 Å². The molecule has 7 unspecified atom stereocenters. The van der Waals surface area contributed by atoms with E-state index in [1.807, 2.05) is 30.3 Å². The number of hydrogen-bond acceptors (Lipinski definition) is 9. The van der Waals surface area contributed by atoms with Gasteiger partial charge in [0.1, 0.15) is 24.4 Å². The van der Waals surface area contributed by atoms with Crippen molar-refractivity contribution in [3.05, 3.63) is 35.9 Å². The van der Waals surface area contributed by atoms with Crippen LogP contribution in [-0.2, 0) is 11.3 Å². The summed E-state index contributed by atoms with van der Waals surface area (Å²) in [4.78, 5) is 0. The normalized spacial score (nSPS) is 18.7. The molecule has 9 nitrogen and oxygen atoms in total. The molecule has 0 bridgehead atoms. The fraction of sp³-hybridized carbons (Fsp3) is 0.727. The molecule has 7 atom stereocenters. The largest absolute Gasteiger partial charge is 0.394 e.